The second-order valence-corrected chi connectivity index (χ2v) is 2.39. The summed E-state index contributed by atoms with van der Waals surface area (Å²) < 4.78 is 0. The van der Waals surface area contributed by atoms with Gasteiger partial charge in [0.25, 0.3) is 0 Å². The first kappa shape index (κ1) is 9.68. The zero-order chi connectivity index (χ0) is 6.91. The monoisotopic (exact) mass is 166 g/mol. The predicted octanol–water partition coefficient (Wildman–Crippen LogP) is -0.816. The van der Waals surface area contributed by atoms with E-state index in [1.165, 1.54) is 0 Å². The number of hydrogen-bond acceptors (Lipinski definition) is 3. The number of rotatable bonds is 1. The smallest absolute Gasteiger partial charge is 0.325 e. The highest BCUT2D eigenvalue weighted by molar-refractivity contribution is 5.85. The van der Waals surface area contributed by atoms with Crippen molar-refractivity contribution in [3.8, 4) is 0 Å². The zero-order valence-electron chi connectivity index (χ0n) is 5.46. The molecule has 5 heteroatoms. The summed E-state index contributed by atoms with van der Waals surface area (Å²) in [6.07, 6.45) is 0.530. The molecule has 0 bridgehead atoms. The SMILES string of the molecule is Cl.N[C@@]1(C(=O)O)CCNC1. The molecule has 1 atom stereocenters. The van der Waals surface area contributed by atoms with E-state index in [2.05, 4.69) is 5.32 Å². The molecule has 0 unspecified atom stereocenters. The van der Waals surface area contributed by atoms with Gasteiger partial charge in [-0.15, -0.1) is 12.4 Å². The van der Waals surface area contributed by atoms with Crippen LogP contribution in [-0.4, -0.2) is 29.7 Å². The van der Waals surface area contributed by atoms with Crippen LogP contribution in [0, 0.1) is 0 Å². The molecule has 0 aromatic rings. The molecule has 1 aliphatic rings. The molecule has 1 heterocycles. The molecule has 4 nitrogen and oxygen atoms in total. The van der Waals surface area contributed by atoms with Gasteiger partial charge in [0.2, 0.25) is 0 Å². The Kier molecular flexibility index (Phi) is 3.08. The van der Waals surface area contributed by atoms with Gasteiger partial charge in [0.05, 0.1) is 0 Å². The van der Waals surface area contributed by atoms with Crippen LogP contribution in [0.25, 0.3) is 0 Å². The van der Waals surface area contributed by atoms with Crippen molar-refractivity contribution in [2.45, 2.75) is 12.0 Å². The van der Waals surface area contributed by atoms with E-state index < -0.39 is 11.5 Å². The lowest BCUT2D eigenvalue weighted by Gasteiger charge is -2.14. The van der Waals surface area contributed by atoms with Crippen molar-refractivity contribution in [1.82, 2.24) is 5.32 Å². The van der Waals surface area contributed by atoms with Crippen LogP contribution >= 0.6 is 12.4 Å². The van der Waals surface area contributed by atoms with E-state index in [1.807, 2.05) is 0 Å². The number of carbonyl (C=O) groups is 1. The minimum Gasteiger partial charge on any atom is -0.480 e. The Morgan fingerprint density at radius 1 is 1.70 bits per heavy atom. The second kappa shape index (κ2) is 3.18. The molecule has 0 radical (unpaired) electrons. The number of carboxylic acids is 1. The fraction of sp³-hybridized carbons (Fsp3) is 0.800. The first-order valence-corrected chi connectivity index (χ1v) is 2.88. The van der Waals surface area contributed by atoms with E-state index in [-0.39, 0.29) is 12.4 Å². The van der Waals surface area contributed by atoms with Crippen molar-refractivity contribution in [2.75, 3.05) is 13.1 Å². The molecule has 1 aliphatic heterocycles. The Morgan fingerprint density at radius 3 is 2.50 bits per heavy atom. The van der Waals surface area contributed by atoms with Gasteiger partial charge in [-0.2, -0.15) is 0 Å². The Labute approximate surface area is 65.2 Å². The van der Waals surface area contributed by atoms with Gasteiger partial charge >= 0.3 is 5.97 Å². The molecule has 0 saturated carbocycles. The molecule has 0 spiro atoms. The van der Waals surface area contributed by atoms with Gasteiger partial charge in [-0.1, -0.05) is 0 Å². The van der Waals surface area contributed by atoms with Crippen LogP contribution in [0.2, 0.25) is 0 Å². The molecule has 10 heavy (non-hydrogen) atoms. The van der Waals surface area contributed by atoms with Gasteiger partial charge in [-0.3, -0.25) is 4.79 Å². The Hall–Kier alpha value is -0.320. The number of nitrogens with one attached hydrogen (secondary N) is 1. The largest absolute Gasteiger partial charge is 0.480 e. The zero-order valence-corrected chi connectivity index (χ0v) is 6.28. The van der Waals surface area contributed by atoms with Crippen molar-refractivity contribution < 1.29 is 9.90 Å². The third kappa shape index (κ3) is 1.59. The minimum absolute atomic E-state index is 0. The summed E-state index contributed by atoms with van der Waals surface area (Å²) in [7, 11) is 0. The van der Waals surface area contributed by atoms with Gasteiger partial charge in [0.1, 0.15) is 5.54 Å². The van der Waals surface area contributed by atoms with Crippen LogP contribution in [-0.2, 0) is 4.79 Å². The topological polar surface area (TPSA) is 75.4 Å². The molecule has 0 aromatic carbocycles. The third-order valence-corrected chi connectivity index (χ3v) is 1.61. The van der Waals surface area contributed by atoms with Crippen molar-refractivity contribution in [3.05, 3.63) is 0 Å². The highest BCUT2D eigenvalue weighted by Crippen LogP contribution is 2.09. The molecule has 0 aliphatic carbocycles. The van der Waals surface area contributed by atoms with E-state index in [0.717, 1.165) is 0 Å². The highest BCUT2D eigenvalue weighted by atomic mass is 35.5. The van der Waals surface area contributed by atoms with Crippen LogP contribution in [0.15, 0.2) is 0 Å². The normalized spacial score (nSPS) is 31.3. The molecule has 4 N–H and O–H groups in total. The molecule has 1 fully saturated rings. The minimum atomic E-state index is -1.00. The van der Waals surface area contributed by atoms with Gasteiger partial charge in [-0.25, -0.2) is 0 Å². The van der Waals surface area contributed by atoms with Crippen molar-refractivity contribution in [1.29, 1.82) is 0 Å². The molecule has 60 valence electrons. The molecular weight excluding hydrogens is 156 g/mol. The maximum atomic E-state index is 10.4. The Bertz CT molecular complexity index is 134. The summed E-state index contributed by atoms with van der Waals surface area (Å²) in [6.45, 7) is 1.10. The van der Waals surface area contributed by atoms with Gasteiger partial charge in [0.15, 0.2) is 0 Å². The average molecular weight is 167 g/mol. The number of aliphatic carboxylic acids is 1. The first-order valence-electron chi connectivity index (χ1n) is 2.88. The molecular formula is C5H11ClN2O2. The fourth-order valence-electron chi connectivity index (χ4n) is 0.894. The second-order valence-electron chi connectivity index (χ2n) is 2.39. The van der Waals surface area contributed by atoms with Crippen molar-refractivity contribution >= 4 is 18.4 Å². The van der Waals surface area contributed by atoms with Gasteiger partial charge in [-0.05, 0) is 13.0 Å². The van der Waals surface area contributed by atoms with Crippen LogP contribution in [0.5, 0.6) is 0 Å². The van der Waals surface area contributed by atoms with Crippen LogP contribution in [0.3, 0.4) is 0 Å². The molecule has 1 saturated heterocycles. The van der Waals surface area contributed by atoms with E-state index in [4.69, 9.17) is 10.8 Å². The van der Waals surface area contributed by atoms with Gasteiger partial charge in [0, 0.05) is 6.54 Å². The van der Waals surface area contributed by atoms with Crippen LogP contribution in [0.4, 0.5) is 0 Å². The summed E-state index contributed by atoms with van der Waals surface area (Å²) in [5.41, 5.74) is 4.44. The van der Waals surface area contributed by atoms with Crippen molar-refractivity contribution in [3.63, 3.8) is 0 Å². The van der Waals surface area contributed by atoms with E-state index in [0.29, 0.717) is 19.5 Å². The number of nitrogens with two attached hydrogens (primary N) is 1. The summed E-state index contributed by atoms with van der Waals surface area (Å²) in [5, 5.41) is 11.4. The van der Waals surface area contributed by atoms with Crippen molar-refractivity contribution in [2.24, 2.45) is 5.73 Å². The third-order valence-electron chi connectivity index (χ3n) is 1.61. The Morgan fingerprint density at radius 2 is 2.30 bits per heavy atom. The fourth-order valence-corrected chi connectivity index (χ4v) is 0.894. The van der Waals surface area contributed by atoms with Crippen LogP contribution in [0.1, 0.15) is 6.42 Å². The summed E-state index contributed by atoms with van der Waals surface area (Å²) in [4.78, 5) is 10.4. The predicted molar refractivity (Wildman–Crippen MR) is 39.3 cm³/mol. The van der Waals surface area contributed by atoms with Gasteiger partial charge < -0.3 is 16.2 Å². The summed E-state index contributed by atoms with van der Waals surface area (Å²) >= 11 is 0. The lowest BCUT2D eigenvalue weighted by molar-refractivity contribution is -0.142. The average Bonchev–Trinajstić information content (AvgIpc) is 2.16. The maximum Gasteiger partial charge on any atom is 0.325 e. The molecule has 0 aromatic heterocycles. The van der Waals surface area contributed by atoms with E-state index in [1.54, 1.807) is 0 Å². The summed E-state index contributed by atoms with van der Waals surface area (Å²) in [5.74, 6) is -0.910. The summed E-state index contributed by atoms with van der Waals surface area (Å²) in [6, 6.07) is 0. The molecule has 0 amide bonds. The number of carboxylic acid groups (broad SMARTS) is 1. The lowest BCUT2D eigenvalue weighted by Crippen LogP contribution is -2.49. The number of hydrogen-bond donors (Lipinski definition) is 3. The number of halogens is 1. The van der Waals surface area contributed by atoms with Crippen LogP contribution < -0.4 is 11.1 Å². The maximum absolute atomic E-state index is 10.4. The standard InChI is InChI=1S/C5H10N2O2.ClH/c6-5(4(8)9)1-2-7-3-5;/h7H,1-3,6H2,(H,8,9);1H/t5-;/m0./s1. The molecule has 1 rings (SSSR count). The Balaban J connectivity index is 0.000000810. The highest BCUT2D eigenvalue weighted by Gasteiger charge is 2.36. The quantitative estimate of drug-likeness (QED) is 0.476. The first-order chi connectivity index (χ1) is 4.15. The van der Waals surface area contributed by atoms with E-state index >= 15 is 0 Å². The van der Waals surface area contributed by atoms with E-state index in [9.17, 15) is 4.79 Å². The lowest BCUT2D eigenvalue weighted by atomic mass is 10.0.